The fourth-order valence-electron chi connectivity index (χ4n) is 1.77. The second kappa shape index (κ2) is 6.18. The van der Waals surface area contributed by atoms with E-state index in [2.05, 4.69) is 10.0 Å². The SMILES string of the molecule is CC1CCNCC1CNS(=O)(=O)NCC(F)(F)F. The quantitative estimate of drug-likeness (QED) is 0.678. The lowest BCUT2D eigenvalue weighted by Crippen LogP contribution is -2.46. The van der Waals surface area contributed by atoms with E-state index in [1.54, 1.807) is 0 Å². The van der Waals surface area contributed by atoms with Crippen LogP contribution in [0.15, 0.2) is 0 Å². The van der Waals surface area contributed by atoms with Gasteiger partial charge >= 0.3 is 6.18 Å². The van der Waals surface area contributed by atoms with Crippen molar-refractivity contribution in [3.05, 3.63) is 0 Å². The molecule has 108 valence electrons. The summed E-state index contributed by atoms with van der Waals surface area (Å²) in [6, 6.07) is 0. The molecular weight excluding hydrogens is 271 g/mol. The summed E-state index contributed by atoms with van der Waals surface area (Å²) >= 11 is 0. The topological polar surface area (TPSA) is 70.2 Å². The maximum absolute atomic E-state index is 11.9. The number of hydrogen-bond donors (Lipinski definition) is 3. The van der Waals surface area contributed by atoms with Gasteiger partial charge in [0.1, 0.15) is 6.54 Å². The van der Waals surface area contributed by atoms with E-state index in [4.69, 9.17) is 0 Å². The second-order valence-corrected chi connectivity index (χ2v) is 6.10. The van der Waals surface area contributed by atoms with Crippen LogP contribution in [-0.2, 0) is 10.2 Å². The molecule has 1 saturated heterocycles. The van der Waals surface area contributed by atoms with Crippen LogP contribution < -0.4 is 14.8 Å². The van der Waals surface area contributed by atoms with E-state index in [1.165, 1.54) is 4.72 Å². The first-order valence-corrected chi connectivity index (χ1v) is 7.19. The van der Waals surface area contributed by atoms with Gasteiger partial charge in [0.25, 0.3) is 10.2 Å². The fourth-order valence-corrected chi connectivity index (χ4v) is 2.66. The van der Waals surface area contributed by atoms with E-state index < -0.39 is 22.9 Å². The summed E-state index contributed by atoms with van der Waals surface area (Å²) in [5, 5.41) is 3.12. The zero-order chi connectivity index (χ0) is 13.8. The average Bonchev–Trinajstić information content (AvgIpc) is 2.25. The van der Waals surface area contributed by atoms with Crippen molar-refractivity contribution >= 4 is 10.2 Å². The van der Waals surface area contributed by atoms with Gasteiger partial charge in [0, 0.05) is 6.54 Å². The Bertz CT molecular complexity index is 359. The van der Waals surface area contributed by atoms with Crippen LogP contribution in [0.4, 0.5) is 13.2 Å². The number of piperidine rings is 1. The molecule has 5 nitrogen and oxygen atoms in total. The third kappa shape index (κ3) is 5.98. The van der Waals surface area contributed by atoms with Gasteiger partial charge in [-0.05, 0) is 31.3 Å². The standard InChI is InChI=1S/C9H18F3N3O2S/c1-7-2-3-13-4-8(7)5-14-18(16,17)15-6-9(10,11)12/h7-8,13-15H,2-6H2,1H3. The van der Waals surface area contributed by atoms with Gasteiger partial charge in [0.2, 0.25) is 0 Å². The number of hydrogen-bond acceptors (Lipinski definition) is 3. The highest BCUT2D eigenvalue weighted by molar-refractivity contribution is 7.87. The molecule has 0 bridgehead atoms. The summed E-state index contributed by atoms with van der Waals surface area (Å²) in [7, 11) is -4.09. The molecule has 0 spiro atoms. The van der Waals surface area contributed by atoms with Crippen LogP contribution in [0, 0.1) is 11.8 Å². The molecule has 18 heavy (non-hydrogen) atoms. The third-order valence-corrected chi connectivity index (χ3v) is 4.06. The predicted octanol–water partition coefficient (Wildman–Crippen LogP) is 0.218. The van der Waals surface area contributed by atoms with Gasteiger partial charge in [-0.1, -0.05) is 6.92 Å². The van der Waals surface area contributed by atoms with Crippen LogP contribution >= 0.6 is 0 Å². The summed E-state index contributed by atoms with van der Waals surface area (Å²) in [5.74, 6) is 0.442. The monoisotopic (exact) mass is 289 g/mol. The van der Waals surface area contributed by atoms with Crippen molar-refractivity contribution in [1.29, 1.82) is 0 Å². The number of rotatable bonds is 5. The van der Waals surface area contributed by atoms with Gasteiger partial charge in [-0.3, -0.25) is 0 Å². The molecule has 0 radical (unpaired) electrons. The normalized spacial score (nSPS) is 26.2. The fraction of sp³-hybridized carbons (Fsp3) is 1.00. The molecule has 0 aromatic heterocycles. The lowest BCUT2D eigenvalue weighted by molar-refractivity contribution is -0.121. The molecule has 0 aromatic carbocycles. The molecule has 0 aromatic rings. The summed E-state index contributed by atoms with van der Waals surface area (Å²) in [5.41, 5.74) is 0. The van der Waals surface area contributed by atoms with Crippen LogP contribution in [0.5, 0.6) is 0 Å². The molecule has 1 rings (SSSR count). The Hall–Kier alpha value is -0.380. The van der Waals surface area contributed by atoms with Gasteiger partial charge in [-0.25, -0.2) is 4.72 Å². The predicted molar refractivity (Wildman–Crippen MR) is 61.1 cm³/mol. The Labute approximate surface area is 105 Å². The maximum atomic E-state index is 11.9. The minimum Gasteiger partial charge on any atom is -0.316 e. The van der Waals surface area contributed by atoms with Gasteiger partial charge < -0.3 is 5.32 Å². The highest BCUT2D eigenvalue weighted by Gasteiger charge is 2.30. The van der Waals surface area contributed by atoms with Crippen molar-refractivity contribution in [2.24, 2.45) is 11.8 Å². The zero-order valence-corrected chi connectivity index (χ0v) is 10.9. The van der Waals surface area contributed by atoms with E-state index in [9.17, 15) is 21.6 Å². The highest BCUT2D eigenvalue weighted by Crippen LogP contribution is 2.17. The molecule has 1 fully saturated rings. The maximum Gasteiger partial charge on any atom is 0.402 e. The molecule has 2 atom stereocenters. The van der Waals surface area contributed by atoms with E-state index >= 15 is 0 Å². The molecular formula is C9H18F3N3O2S. The summed E-state index contributed by atoms with van der Waals surface area (Å²) < 4.78 is 61.8. The Balaban J connectivity index is 2.36. The van der Waals surface area contributed by atoms with Gasteiger partial charge in [-0.15, -0.1) is 0 Å². The largest absolute Gasteiger partial charge is 0.402 e. The lowest BCUT2D eigenvalue weighted by Gasteiger charge is -2.29. The molecule has 3 N–H and O–H groups in total. The average molecular weight is 289 g/mol. The third-order valence-electron chi connectivity index (χ3n) is 2.99. The molecule has 0 saturated carbocycles. The van der Waals surface area contributed by atoms with E-state index in [0.717, 1.165) is 13.0 Å². The smallest absolute Gasteiger partial charge is 0.316 e. The summed E-state index contributed by atoms with van der Waals surface area (Å²) in [6.07, 6.45) is -3.61. The number of halogens is 3. The minimum atomic E-state index is -4.55. The number of nitrogens with one attached hydrogen (secondary N) is 3. The summed E-state index contributed by atoms with van der Waals surface area (Å²) in [6.45, 7) is 2.14. The van der Waals surface area contributed by atoms with Crippen molar-refractivity contribution in [2.45, 2.75) is 19.5 Å². The van der Waals surface area contributed by atoms with Gasteiger partial charge in [0.15, 0.2) is 0 Å². The molecule has 9 heteroatoms. The molecule has 1 heterocycles. The molecule has 1 aliphatic rings. The van der Waals surface area contributed by atoms with Crippen molar-refractivity contribution in [3.63, 3.8) is 0 Å². The highest BCUT2D eigenvalue weighted by atomic mass is 32.2. The minimum absolute atomic E-state index is 0.0983. The first-order chi connectivity index (χ1) is 8.20. The molecule has 0 aliphatic carbocycles. The van der Waals surface area contributed by atoms with Crippen molar-refractivity contribution < 1.29 is 21.6 Å². The zero-order valence-electron chi connectivity index (χ0n) is 10.0. The molecule has 0 amide bonds. The summed E-state index contributed by atoms with van der Waals surface area (Å²) in [4.78, 5) is 0. The van der Waals surface area contributed by atoms with Crippen LogP contribution in [0.3, 0.4) is 0 Å². The van der Waals surface area contributed by atoms with E-state index in [-0.39, 0.29) is 12.5 Å². The van der Waals surface area contributed by atoms with Gasteiger partial charge in [-0.2, -0.15) is 26.3 Å². The van der Waals surface area contributed by atoms with Crippen LogP contribution in [0.25, 0.3) is 0 Å². The van der Waals surface area contributed by atoms with Crippen molar-refractivity contribution in [2.75, 3.05) is 26.2 Å². The Kier molecular flexibility index (Phi) is 5.38. The van der Waals surface area contributed by atoms with Crippen molar-refractivity contribution in [1.82, 2.24) is 14.8 Å². The van der Waals surface area contributed by atoms with Crippen LogP contribution in [0.1, 0.15) is 13.3 Å². The van der Waals surface area contributed by atoms with E-state index in [1.807, 2.05) is 6.92 Å². The molecule has 1 aliphatic heterocycles. The van der Waals surface area contributed by atoms with Crippen molar-refractivity contribution in [3.8, 4) is 0 Å². The second-order valence-electron chi connectivity index (χ2n) is 4.52. The lowest BCUT2D eigenvalue weighted by atomic mass is 9.88. The number of alkyl halides is 3. The van der Waals surface area contributed by atoms with Crippen LogP contribution in [-0.4, -0.2) is 40.8 Å². The van der Waals surface area contributed by atoms with E-state index in [0.29, 0.717) is 12.5 Å². The van der Waals surface area contributed by atoms with Gasteiger partial charge in [0.05, 0.1) is 0 Å². The Morgan fingerprint density at radius 2 is 2.00 bits per heavy atom. The Morgan fingerprint density at radius 3 is 2.56 bits per heavy atom. The Morgan fingerprint density at radius 1 is 1.33 bits per heavy atom. The molecule has 2 unspecified atom stereocenters. The first-order valence-electron chi connectivity index (χ1n) is 5.71. The first kappa shape index (κ1) is 15.7. The van der Waals surface area contributed by atoms with Crippen LogP contribution in [0.2, 0.25) is 0 Å².